The molecule has 0 amide bonds. The monoisotopic (exact) mass is 218 g/mol. The number of carbonyl (C=O) groups excluding carboxylic acids is 1. The number of H-pyrrole nitrogens is 1. The first-order valence-electron chi connectivity index (χ1n) is 4.99. The zero-order valence-corrected chi connectivity index (χ0v) is 8.93. The van der Waals surface area contributed by atoms with Crippen LogP contribution in [0, 0.1) is 0 Å². The summed E-state index contributed by atoms with van der Waals surface area (Å²) in [5, 5.41) is 11.3. The van der Waals surface area contributed by atoms with Crippen molar-refractivity contribution in [2.75, 3.05) is 0 Å². The molecule has 3 rings (SSSR count). The Hall–Kier alpha value is -1.42. The van der Waals surface area contributed by atoms with Gasteiger partial charge < -0.3 is 0 Å². The van der Waals surface area contributed by atoms with Crippen molar-refractivity contribution in [1.82, 2.24) is 10.2 Å². The first-order chi connectivity index (χ1) is 7.36. The molecule has 0 fully saturated rings. The maximum absolute atomic E-state index is 11.8. The highest BCUT2D eigenvalue weighted by molar-refractivity contribution is 7.08. The third-order valence-electron chi connectivity index (χ3n) is 2.75. The normalized spacial score (nSPS) is 15.3. The Morgan fingerprint density at radius 1 is 1.40 bits per heavy atom. The Kier molecular flexibility index (Phi) is 1.95. The second kappa shape index (κ2) is 3.31. The van der Waals surface area contributed by atoms with Gasteiger partial charge in [-0.15, -0.1) is 0 Å². The van der Waals surface area contributed by atoms with Crippen LogP contribution in [0.4, 0.5) is 0 Å². The number of rotatable bonds is 1. The molecule has 2 heterocycles. The molecule has 0 bridgehead atoms. The quantitative estimate of drug-likeness (QED) is 0.799. The van der Waals surface area contributed by atoms with Crippen LogP contribution in [0.15, 0.2) is 16.8 Å². The number of ketones is 1. The molecule has 2 aromatic heterocycles. The van der Waals surface area contributed by atoms with Crippen molar-refractivity contribution in [3.05, 3.63) is 28.1 Å². The highest BCUT2D eigenvalue weighted by atomic mass is 32.1. The minimum absolute atomic E-state index is 0.228. The van der Waals surface area contributed by atoms with E-state index in [4.69, 9.17) is 0 Å². The van der Waals surface area contributed by atoms with Crippen LogP contribution in [-0.2, 0) is 6.42 Å². The Labute approximate surface area is 91.1 Å². The number of nitrogens with zero attached hydrogens (tertiary/aromatic N) is 1. The largest absolute Gasteiger partial charge is 0.294 e. The molecule has 76 valence electrons. The van der Waals surface area contributed by atoms with Crippen molar-refractivity contribution in [3.63, 3.8) is 0 Å². The van der Waals surface area contributed by atoms with Gasteiger partial charge in [0, 0.05) is 23.1 Å². The number of fused-ring (bicyclic) bond motifs is 1. The Balaban J connectivity index is 2.18. The van der Waals surface area contributed by atoms with Crippen LogP contribution in [0.25, 0.3) is 11.3 Å². The van der Waals surface area contributed by atoms with E-state index in [1.54, 1.807) is 11.3 Å². The number of thiophene rings is 1. The number of hydrogen-bond donors (Lipinski definition) is 1. The Morgan fingerprint density at radius 2 is 2.33 bits per heavy atom. The summed E-state index contributed by atoms with van der Waals surface area (Å²) in [7, 11) is 0. The number of nitrogens with one attached hydrogen (secondary N) is 1. The van der Waals surface area contributed by atoms with Crippen LogP contribution in [-0.4, -0.2) is 16.0 Å². The summed E-state index contributed by atoms with van der Waals surface area (Å²) in [5.41, 5.74) is 3.70. The van der Waals surface area contributed by atoms with Gasteiger partial charge in [-0.3, -0.25) is 9.89 Å². The molecule has 0 atom stereocenters. The molecule has 0 saturated carbocycles. The lowest BCUT2D eigenvalue weighted by Gasteiger charge is -2.09. The fourth-order valence-corrected chi connectivity index (χ4v) is 2.66. The lowest BCUT2D eigenvalue weighted by Crippen LogP contribution is -2.09. The van der Waals surface area contributed by atoms with Crippen molar-refractivity contribution in [1.29, 1.82) is 0 Å². The second-order valence-electron chi connectivity index (χ2n) is 3.71. The van der Waals surface area contributed by atoms with Gasteiger partial charge in [0.2, 0.25) is 0 Å². The lowest BCUT2D eigenvalue weighted by molar-refractivity contribution is 0.0973. The van der Waals surface area contributed by atoms with Gasteiger partial charge in [-0.05, 0) is 24.3 Å². The highest BCUT2D eigenvalue weighted by Crippen LogP contribution is 2.30. The lowest BCUT2D eigenvalue weighted by atomic mass is 9.93. The van der Waals surface area contributed by atoms with Crippen LogP contribution < -0.4 is 0 Å². The summed E-state index contributed by atoms with van der Waals surface area (Å²) in [5.74, 6) is 0.228. The number of aryl methyl sites for hydroxylation is 1. The predicted octanol–water partition coefficient (Wildman–Crippen LogP) is 2.66. The Bertz CT molecular complexity index is 499. The maximum Gasteiger partial charge on any atom is 0.166 e. The van der Waals surface area contributed by atoms with Crippen LogP contribution in [0.3, 0.4) is 0 Å². The standard InChI is InChI=1S/C11H10N2OS/c14-9-3-1-2-8-10(9)11(13-12-8)7-4-5-15-6-7/h4-6H,1-3H2,(H,12,13). The van der Waals surface area contributed by atoms with Crippen molar-refractivity contribution in [2.45, 2.75) is 19.3 Å². The van der Waals surface area contributed by atoms with Gasteiger partial charge in [-0.2, -0.15) is 16.4 Å². The number of carbonyl (C=O) groups is 1. The zero-order valence-electron chi connectivity index (χ0n) is 8.12. The SMILES string of the molecule is O=C1CCCc2[nH]nc(-c3ccsc3)c21. The van der Waals surface area contributed by atoms with Gasteiger partial charge >= 0.3 is 0 Å². The van der Waals surface area contributed by atoms with Gasteiger partial charge in [0.05, 0.1) is 5.56 Å². The van der Waals surface area contributed by atoms with Gasteiger partial charge in [0.25, 0.3) is 0 Å². The molecule has 1 aliphatic carbocycles. The minimum Gasteiger partial charge on any atom is -0.294 e. The van der Waals surface area contributed by atoms with E-state index in [1.807, 2.05) is 16.8 Å². The molecule has 0 radical (unpaired) electrons. The summed E-state index contributed by atoms with van der Waals surface area (Å²) >= 11 is 1.62. The molecule has 3 nitrogen and oxygen atoms in total. The van der Waals surface area contributed by atoms with E-state index in [1.165, 1.54) is 0 Å². The van der Waals surface area contributed by atoms with E-state index in [-0.39, 0.29) is 5.78 Å². The van der Waals surface area contributed by atoms with E-state index < -0.39 is 0 Å². The molecule has 0 saturated heterocycles. The Morgan fingerprint density at radius 3 is 3.13 bits per heavy atom. The molecule has 15 heavy (non-hydrogen) atoms. The van der Waals surface area contributed by atoms with Crippen LogP contribution in [0.1, 0.15) is 28.9 Å². The fourth-order valence-electron chi connectivity index (χ4n) is 2.02. The van der Waals surface area contributed by atoms with Gasteiger partial charge in [0.15, 0.2) is 5.78 Å². The molecule has 1 aliphatic rings. The van der Waals surface area contributed by atoms with E-state index in [2.05, 4.69) is 10.2 Å². The summed E-state index contributed by atoms with van der Waals surface area (Å²) in [6.07, 6.45) is 2.54. The van der Waals surface area contributed by atoms with Crippen molar-refractivity contribution >= 4 is 17.1 Å². The first kappa shape index (κ1) is 8.85. The smallest absolute Gasteiger partial charge is 0.166 e. The molecule has 2 aromatic rings. The number of aromatic amines is 1. The number of Topliss-reactive ketones (excluding diaryl/α,β-unsaturated/α-hetero) is 1. The summed E-state index contributed by atoms with van der Waals surface area (Å²) < 4.78 is 0. The van der Waals surface area contributed by atoms with E-state index in [0.29, 0.717) is 6.42 Å². The molecular formula is C11H10N2OS. The average Bonchev–Trinajstić information content (AvgIpc) is 2.85. The van der Waals surface area contributed by atoms with E-state index >= 15 is 0 Å². The molecule has 0 aliphatic heterocycles. The average molecular weight is 218 g/mol. The summed E-state index contributed by atoms with van der Waals surface area (Å²) in [6.45, 7) is 0. The third-order valence-corrected chi connectivity index (χ3v) is 3.43. The predicted molar refractivity (Wildman–Crippen MR) is 59.2 cm³/mol. The van der Waals surface area contributed by atoms with Crippen LogP contribution in [0.5, 0.6) is 0 Å². The molecule has 0 spiro atoms. The van der Waals surface area contributed by atoms with Gasteiger partial charge in [0.1, 0.15) is 5.69 Å². The zero-order chi connectivity index (χ0) is 10.3. The van der Waals surface area contributed by atoms with Crippen LogP contribution in [0.2, 0.25) is 0 Å². The first-order valence-corrected chi connectivity index (χ1v) is 5.93. The molecule has 1 N–H and O–H groups in total. The van der Waals surface area contributed by atoms with Crippen molar-refractivity contribution in [2.24, 2.45) is 0 Å². The van der Waals surface area contributed by atoms with Gasteiger partial charge in [-0.25, -0.2) is 0 Å². The fraction of sp³-hybridized carbons (Fsp3) is 0.273. The maximum atomic E-state index is 11.8. The van der Waals surface area contributed by atoms with E-state index in [9.17, 15) is 4.79 Å². The highest BCUT2D eigenvalue weighted by Gasteiger charge is 2.24. The molecular weight excluding hydrogens is 208 g/mol. The third kappa shape index (κ3) is 1.33. The van der Waals surface area contributed by atoms with Crippen molar-refractivity contribution in [3.8, 4) is 11.3 Å². The molecule has 0 unspecified atom stereocenters. The van der Waals surface area contributed by atoms with E-state index in [0.717, 1.165) is 35.4 Å². The van der Waals surface area contributed by atoms with Crippen molar-refractivity contribution < 1.29 is 4.79 Å². The second-order valence-corrected chi connectivity index (χ2v) is 4.49. The summed E-state index contributed by atoms with van der Waals surface area (Å²) in [4.78, 5) is 11.8. The summed E-state index contributed by atoms with van der Waals surface area (Å²) in [6, 6.07) is 2.00. The van der Waals surface area contributed by atoms with Gasteiger partial charge in [-0.1, -0.05) is 0 Å². The number of hydrogen-bond acceptors (Lipinski definition) is 3. The number of aromatic nitrogens is 2. The minimum atomic E-state index is 0.228. The molecule has 4 heteroatoms. The topological polar surface area (TPSA) is 45.8 Å². The van der Waals surface area contributed by atoms with Crippen LogP contribution >= 0.6 is 11.3 Å². The molecule has 0 aromatic carbocycles.